The molecule has 0 aliphatic carbocycles. The number of hydrogen-bond donors (Lipinski definition) is 1. The normalized spacial score (nSPS) is 17.2. The summed E-state index contributed by atoms with van der Waals surface area (Å²) in [5.41, 5.74) is 0. The maximum absolute atomic E-state index is 12.1. The van der Waals surface area contributed by atoms with E-state index in [2.05, 4.69) is 22.0 Å². The van der Waals surface area contributed by atoms with E-state index in [9.17, 15) is 8.78 Å². The zero-order valence-electron chi connectivity index (χ0n) is 13.8. The van der Waals surface area contributed by atoms with Crippen LogP contribution < -0.4 is 5.32 Å². The number of halogens is 2. The Kier molecular flexibility index (Phi) is 8.36. The standard InChI is InChI=1S/C16H27F2N3OS/c1-2-20-8-10-21(11-9-20)7-3-6-19-12-14-4-5-15(22-14)13-23-16(17)18/h4-5,16,19H,2-3,6-13H2,1H3. The van der Waals surface area contributed by atoms with Gasteiger partial charge in [-0.2, -0.15) is 8.78 Å². The van der Waals surface area contributed by atoms with E-state index in [0.717, 1.165) is 44.9 Å². The fourth-order valence-corrected chi connectivity index (χ4v) is 3.15. The average molecular weight is 347 g/mol. The van der Waals surface area contributed by atoms with Crippen LogP contribution in [0.2, 0.25) is 0 Å². The van der Waals surface area contributed by atoms with Gasteiger partial charge in [0.05, 0.1) is 12.3 Å². The summed E-state index contributed by atoms with van der Waals surface area (Å²) in [6.45, 7) is 10.8. The molecule has 1 saturated heterocycles. The number of hydrogen-bond acceptors (Lipinski definition) is 5. The Morgan fingerprint density at radius 2 is 1.87 bits per heavy atom. The number of piperazine rings is 1. The molecule has 4 nitrogen and oxygen atoms in total. The quantitative estimate of drug-likeness (QED) is 0.658. The second kappa shape index (κ2) is 10.3. The van der Waals surface area contributed by atoms with Crippen LogP contribution in [-0.2, 0) is 12.3 Å². The molecule has 1 aliphatic rings. The second-order valence-corrected chi connectivity index (χ2v) is 6.72. The van der Waals surface area contributed by atoms with Gasteiger partial charge in [0.25, 0.3) is 5.76 Å². The molecule has 1 aromatic rings. The van der Waals surface area contributed by atoms with Crippen LogP contribution in [0, 0.1) is 0 Å². The molecule has 1 fully saturated rings. The molecule has 0 unspecified atom stereocenters. The maximum atomic E-state index is 12.1. The first-order valence-electron chi connectivity index (χ1n) is 8.30. The van der Waals surface area contributed by atoms with Gasteiger partial charge in [-0.25, -0.2) is 0 Å². The van der Waals surface area contributed by atoms with Crippen LogP contribution in [-0.4, -0.2) is 61.4 Å². The summed E-state index contributed by atoms with van der Waals surface area (Å²) in [6, 6.07) is 3.64. The topological polar surface area (TPSA) is 31.6 Å². The van der Waals surface area contributed by atoms with Crippen LogP contribution in [0.1, 0.15) is 24.9 Å². The van der Waals surface area contributed by atoms with Gasteiger partial charge >= 0.3 is 0 Å². The minimum absolute atomic E-state index is 0.224. The number of rotatable bonds is 10. The van der Waals surface area contributed by atoms with Crippen LogP contribution >= 0.6 is 11.8 Å². The van der Waals surface area contributed by atoms with Crippen molar-refractivity contribution in [1.82, 2.24) is 15.1 Å². The molecule has 0 aromatic carbocycles. The van der Waals surface area contributed by atoms with Crippen LogP contribution in [0.15, 0.2) is 16.5 Å². The Bertz CT molecular complexity index is 437. The van der Waals surface area contributed by atoms with Crippen molar-refractivity contribution in [1.29, 1.82) is 0 Å². The third-order valence-corrected chi connectivity index (χ3v) is 4.81. The van der Waals surface area contributed by atoms with Gasteiger partial charge < -0.3 is 19.5 Å². The van der Waals surface area contributed by atoms with E-state index in [1.165, 1.54) is 13.1 Å². The van der Waals surface area contributed by atoms with Gasteiger partial charge in [-0.05, 0) is 38.2 Å². The van der Waals surface area contributed by atoms with E-state index in [1.807, 2.05) is 6.07 Å². The minimum atomic E-state index is -2.35. The number of thioether (sulfide) groups is 1. The third-order valence-electron chi connectivity index (χ3n) is 4.11. The van der Waals surface area contributed by atoms with Gasteiger partial charge in [-0.3, -0.25) is 0 Å². The van der Waals surface area contributed by atoms with E-state index in [1.54, 1.807) is 6.07 Å². The highest BCUT2D eigenvalue weighted by Crippen LogP contribution is 2.21. The lowest BCUT2D eigenvalue weighted by molar-refractivity contribution is 0.136. The fraction of sp³-hybridized carbons (Fsp3) is 0.750. The van der Waals surface area contributed by atoms with Crippen molar-refractivity contribution in [2.24, 2.45) is 0 Å². The molecule has 1 aromatic heterocycles. The van der Waals surface area contributed by atoms with E-state index in [0.29, 0.717) is 24.1 Å². The zero-order chi connectivity index (χ0) is 16.5. The Morgan fingerprint density at radius 3 is 2.57 bits per heavy atom. The highest BCUT2D eigenvalue weighted by Gasteiger charge is 2.14. The Morgan fingerprint density at radius 1 is 1.17 bits per heavy atom. The Balaban J connectivity index is 1.52. The van der Waals surface area contributed by atoms with E-state index in [-0.39, 0.29) is 5.75 Å². The van der Waals surface area contributed by atoms with Crippen molar-refractivity contribution in [3.05, 3.63) is 23.7 Å². The van der Waals surface area contributed by atoms with Crippen molar-refractivity contribution in [3.8, 4) is 0 Å². The van der Waals surface area contributed by atoms with Gasteiger partial charge in [-0.15, -0.1) is 0 Å². The molecule has 0 spiro atoms. The van der Waals surface area contributed by atoms with Gasteiger partial charge in [0.2, 0.25) is 0 Å². The lowest BCUT2D eigenvalue weighted by Gasteiger charge is -2.33. The van der Waals surface area contributed by atoms with Crippen molar-refractivity contribution < 1.29 is 13.2 Å². The molecule has 7 heteroatoms. The highest BCUT2D eigenvalue weighted by molar-refractivity contribution is 7.98. The summed E-state index contributed by atoms with van der Waals surface area (Å²) in [5, 5.41) is 3.35. The fourth-order valence-electron chi connectivity index (χ4n) is 2.71. The molecule has 1 aliphatic heterocycles. The van der Waals surface area contributed by atoms with Gasteiger partial charge in [0, 0.05) is 26.2 Å². The first kappa shape index (κ1) is 18.7. The Labute approximate surface area is 141 Å². The predicted octanol–water partition coefficient (Wildman–Crippen LogP) is 2.85. The smallest absolute Gasteiger partial charge is 0.284 e. The predicted molar refractivity (Wildman–Crippen MR) is 90.9 cm³/mol. The van der Waals surface area contributed by atoms with Crippen LogP contribution in [0.25, 0.3) is 0 Å². The summed E-state index contributed by atoms with van der Waals surface area (Å²) in [6.07, 6.45) is 1.11. The largest absolute Gasteiger partial charge is 0.464 e. The van der Waals surface area contributed by atoms with Crippen LogP contribution in [0.4, 0.5) is 8.78 Å². The molecule has 1 N–H and O–H groups in total. The van der Waals surface area contributed by atoms with E-state index in [4.69, 9.17) is 4.42 Å². The molecular formula is C16H27F2N3OS. The number of nitrogens with one attached hydrogen (secondary N) is 1. The average Bonchev–Trinajstić information content (AvgIpc) is 3.01. The first-order chi connectivity index (χ1) is 11.2. The van der Waals surface area contributed by atoms with E-state index < -0.39 is 5.76 Å². The van der Waals surface area contributed by atoms with Crippen molar-refractivity contribution in [2.45, 2.75) is 31.4 Å². The van der Waals surface area contributed by atoms with Crippen LogP contribution in [0.5, 0.6) is 0 Å². The summed E-state index contributed by atoms with van der Waals surface area (Å²) in [7, 11) is 0. The number of furan rings is 1. The summed E-state index contributed by atoms with van der Waals surface area (Å²) in [5.74, 6) is -0.699. The number of nitrogens with zero attached hydrogens (tertiary/aromatic N) is 2. The van der Waals surface area contributed by atoms with Gasteiger partial charge in [0.15, 0.2) is 0 Å². The van der Waals surface area contributed by atoms with E-state index >= 15 is 0 Å². The SMILES string of the molecule is CCN1CCN(CCCNCc2ccc(CSC(F)F)o2)CC1. The third kappa shape index (κ3) is 7.20. The molecule has 23 heavy (non-hydrogen) atoms. The lowest BCUT2D eigenvalue weighted by atomic mass is 10.3. The van der Waals surface area contributed by atoms with Gasteiger partial charge in [0.1, 0.15) is 11.5 Å². The molecule has 0 atom stereocenters. The van der Waals surface area contributed by atoms with Crippen molar-refractivity contribution in [2.75, 3.05) is 45.8 Å². The monoisotopic (exact) mass is 347 g/mol. The lowest BCUT2D eigenvalue weighted by Crippen LogP contribution is -2.46. The highest BCUT2D eigenvalue weighted by atomic mass is 32.2. The Hall–Kier alpha value is -0.630. The number of alkyl halides is 2. The summed E-state index contributed by atoms with van der Waals surface area (Å²) in [4.78, 5) is 5.00. The van der Waals surface area contributed by atoms with Crippen molar-refractivity contribution >= 4 is 11.8 Å². The molecular weight excluding hydrogens is 320 g/mol. The molecule has 0 saturated carbocycles. The molecule has 2 rings (SSSR count). The molecule has 0 amide bonds. The molecule has 0 radical (unpaired) electrons. The minimum Gasteiger partial charge on any atom is -0.464 e. The van der Waals surface area contributed by atoms with Crippen LogP contribution in [0.3, 0.4) is 0 Å². The second-order valence-electron chi connectivity index (χ2n) is 5.75. The van der Waals surface area contributed by atoms with Crippen molar-refractivity contribution in [3.63, 3.8) is 0 Å². The first-order valence-corrected chi connectivity index (χ1v) is 9.35. The maximum Gasteiger partial charge on any atom is 0.284 e. The van der Waals surface area contributed by atoms with Gasteiger partial charge in [-0.1, -0.05) is 18.7 Å². The summed E-state index contributed by atoms with van der Waals surface area (Å²) >= 11 is 0.591. The molecule has 2 heterocycles. The molecule has 132 valence electrons. The zero-order valence-corrected chi connectivity index (χ0v) is 14.6. The molecule has 0 bridgehead atoms. The summed E-state index contributed by atoms with van der Waals surface area (Å²) < 4.78 is 29.7. The number of likely N-dealkylation sites (N-methyl/N-ethyl adjacent to an activating group) is 1.